The first-order valence-corrected chi connectivity index (χ1v) is 13.2. The van der Waals surface area contributed by atoms with Gasteiger partial charge >= 0.3 is 6.09 Å². The van der Waals surface area contributed by atoms with Crippen LogP contribution in [0.2, 0.25) is 0 Å². The Morgan fingerprint density at radius 2 is 1.91 bits per heavy atom. The summed E-state index contributed by atoms with van der Waals surface area (Å²) in [5.74, 6) is 1.46. The molecule has 9 nitrogen and oxygen atoms in total. The number of rotatable bonds is 5. The molecule has 0 bridgehead atoms. The van der Waals surface area contributed by atoms with E-state index in [2.05, 4.69) is 20.6 Å². The first-order chi connectivity index (χ1) is 16.5. The number of amides is 2. The minimum atomic E-state index is -0.904. The molecule has 2 aromatic rings. The van der Waals surface area contributed by atoms with Crippen molar-refractivity contribution in [3.8, 4) is 0 Å². The van der Waals surface area contributed by atoms with Gasteiger partial charge in [0.1, 0.15) is 22.8 Å². The maximum atomic E-state index is 13.8. The quantitative estimate of drug-likeness (QED) is 0.605. The molecule has 2 aromatic heterocycles. The molecule has 10 heteroatoms. The number of hydrogen-bond donors (Lipinski definition) is 2. The number of aryl methyl sites for hydroxylation is 2. The molecule has 1 unspecified atom stereocenters. The number of carbonyl (C=O) groups excluding carboxylic acids is 2. The highest BCUT2D eigenvalue weighted by Crippen LogP contribution is 2.34. The van der Waals surface area contributed by atoms with Gasteiger partial charge in [-0.1, -0.05) is 19.3 Å². The van der Waals surface area contributed by atoms with Gasteiger partial charge in [-0.25, -0.2) is 19.7 Å². The molecule has 0 radical (unpaired) electrons. The van der Waals surface area contributed by atoms with Gasteiger partial charge in [0.05, 0.1) is 0 Å². The zero-order chi connectivity index (χ0) is 25.2. The van der Waals surface area contributed by atoms with Crippen LogP contribution >= 0.6 is 11.3 Å². The van der Waals surface area contributed by atoms with Crippen LogP contribution in [0.4, 0.5) is 15.7 Å². The van der Waals surface area contributed by atoms with Crippen molar-refractivity contribution in [1.82, 2.24) is 25.2 Å². The number of anilines is 2. The van der Waals surface area contributed by atoms with Crippen LogP contribution in [0.3, 0.4) is 0 Å². The largest absolute Gasteiger partial charge is 0.444 e. The van der Waals surface area contributed by atoms with Crippen LogP contribution in [0.1, 0.15) is 81.6 Å². The molecule has 0 spiro atoms. The van der Waals surface area contributed by atoms with Crippen molar-refractivity contribution >= 4 is 34.3 Å². The summed E-state index contributed by atoms with van der Waals surface area (Å²) < 4.78 is 5.49. The van der Waals surface area contributed by atoms with Crippen LogP contribution < -0.4 is 10.6 Å². The molecule has 3 heterocycles. The highest BCUT2D eigenvalue weighted by atomic mass is 32.1. The summed E-state index contributed by atoms with van der Waals surface area (Å²) in [5.41, 5.74) is -0.656. The van der Waals surface area contributed by atoms with E-state index in [0.717, 1.165) is 47.2 Å². The van der Waals surface area contributed by atoms with E-state index < -0.39 is 17.2 Å². The average Bonchev–Trinajstić information content (AvgIpc) is 3.41. The van der Waals surface area contributed by atoms with E-state index >= 15 is 0 Å². The first-order valence-electron chi connectivity index (χ1n) is 12.4. The van der Waals surface area contributed by atoms with Crippen molar-refractivity contribution in [2.45, 2.75) is 90.2 Å². The Morgan fingerprint density at radius 1 is 1.17 bits per heavy atom. The van der Waals surface area contributed by atoms with Crippen LogP contribution in [-0.2, 0) is 9.53 Å². The summed E-state index contributed by atoms with van der Waals surface area (Å²) in [6.07, 6.45) is 6.24. The molecule has 2 N–H and O–H groups in total. The molecule has 35 heavy (non-hydrogen) atoms. The van der Waals surface area contributed by atoms with Crippen LogP contribution in [0.15, 0.2) is 12.3 Å². The fraction of sp³-hybridized carbons (Fsp3) is 0.640. The second-order valence-corrected chi connectivity index (χ2v) is 11.9. The normalized spacial score (nSPS) is 19.9. The number of likely N-dealkylation sites (tertiary alicyclic amines) is 1. The number of aromatic nitrogens is 3. The van der Waals surface area contributed by atoms with Gasteiger partial charge in [-0.2, -0.15) is 0 Å². The van der Waals surface area contributed by atoms with E-state index in [9.17, 15) is 9.59 Å². The number of alkyl carbamates (subject to hydrolysis) is 1. The fourth-order valence-electron chi connectivity index (χ4n) is 4.86. The number of hydrogen-bond acceptors (Lipinski definition) is 8. The van der Waals surface area contributed by atoms with E-state index in [-0.39, 0.29) is 11.8 Å². The summed E-state index contributed by atoms with van der Waals surface area (Å²) >= 11 is 1.57. The lowest BCUT2D eigenvalue weighted by Crippen LogP contribution is -2.60. The first kappa shape index (κ1) is 25.3. The molecule has 1 atom stereocenters. The second kappa shape index (κ2) is 10.1. The summed E-state index contributed by atoms with van der Waals surface area (Å²) in [5, 5.41) is 7.04. The van der Waals surface area contributed by atoms with Gasteiger partial charge in [-0.15, -0.1) is 11.3 Å². The lowest BCUT2D eigenvalue weighted by Gasteiger charge is -2.39. The highest BCUT2D eigenvalue weighted by Gasteiger charge is 2.46. The SMILES string of the molecule is Cc1cc(Nc2ncc(C)s2)nc(C2CCN(C(=O)C3(NC(=O)OC(C)(C)C)CCCCC3)C2)n1. The van der Waals surface area contributed by atoms with Crippen molar-refractivity contribution in [2.75, 3.05) is 18.4 Å². The topological polar surface area (TPSA) is 109 Å². The third-order valence-electron chi connectivity index (χ3n) is 6.43. The van der Waals surface area contributed by atoms with Crippen molar-refractivity contribution in [1.29, 1.82) is 0 Å². The molecule has 1 aliphatic heterocycles. The molecular formula is C25H36N6O3S. The van der Waals surface area contributed by atoms with Crippen molar-refractivity contribution < 1.29 is 14.3 Å². The number of thiazole rings is 1. The Morgan fingerprint density at radius 3 is 2.57 bits per heavy atom. The van der Waals surface area contributed by atoms with Gasteiger partial charge in [-0.3, -0.25) is 4.79 Å². The van der Waals surface area contributed by atoms with Gasteiger partial charge in [0.2, 0.25) is 5.91 Å². The van der Waals surface area contributed by atoms with E-state index in [1.807, 2.05) is 51.8 Å². The third-order valence-corrected chi connectivity index (χ3v) is 7.25. The number of ether oxygens (including phenoxy) is 1. The molecule has 4 rings (SSSR count). The summed E-state index contributed by atoms with van der Waals surface area (Å²) in [6.45, 7) is 10.6. The van der Waals surface area contributed by atoms with Crippen molar-refractivity contribution in [2.24, 2.45) is 0 Å². The Hall–Kier alpha value is -2.75. The molecule has 2 amide bonds. The van der Waals surface area contributed by atoms with Gasteiger partial charge in [-0.05, 0) is 53.9 Å². The number of carbonyl (C=O) groups is 2. The summed E-state index contributed by atoms with van der Waals surface area (Å²) in [6, 6.07) is 1.90. The molecule has 0 aromatic carbocycles. The minimum Gasteiger partial charge on any atom is -0.444 e. The van der Waals surface area contributed by atoms with Crippen molar-refractivity contribution in [3.05, 3.63) is 28.7 Å². The standard InChI is InChI=1S/C25H36N6O3S/c1-16-13-19(29-22-26-14-17(2)35-22)28-20(27-16)18-9-12-31(15-18)21(32)25(10-7-6-8-11-25)30-23(33)34-24(3,4)5/h13-14,18H,6-12,15H2,1-5H3,(H,30,33)(H,26,27,28,29). The number of nitrogens with zero attached hydrogens (tertiary/aromatic N) is 4. The fourth-order valence-corrected chi connectivity index (χ4v) is 5.54. The molecule has 1 aliphatic carbocycles. The zero-order valence-electron chi connectivity index (χ0n) is 21.3. The predicted molar refractivity (Wildman–Crippen MR) is 136 cm³/mol. The maximum absolute atomic E-state index is 13.8. The Labute approximate surface area is 211 Å². The van der Waals surface area contributed by atoms with Gasteiger partial charge in [0, 0.05) is 41.8 Å². The lowest BCUT2D eigenvalue weighted by atomic mass is 9.80. The van der Waals surface area contributed by atoms with Gasteiger partial charge < -0.3 is 20.3 Å². The van der Waals surface area contributed by atoms with E-state index in [0.29, 0.717) is 31.7 Å². The molecule has 2 fully saturated rings. The number of nitrogens with one attached hydrogen (secondary N) is 2. The summed E-state index contributed by atoms with van der Waals surface area (Å²) in [7, 11) is 0. The highest BCUT2D eigenvalue weighted by molar-refractivity contribution is 7.15. The van der Waals surface area contributed by atoms with Crippen LogP contribution in [0, 0.1) is 13.8 Å². The van der Waals surface area contributed by atoms with Gasteiger partial charge in [0.15, 0.2) is 5.13 Å². The Bertz CT molecular complexity index is 1070. The zero-order valence-corrected chi connectivity index (χ0v) is 22.1. The molecule has 1 saturated carbocycles. The predicted octanol–water partition coefficient (Wildman–Crippen LogP) is 4.84. The lowest BCUT2D eigenvalue weighted by molar-refractivity contribution is -0.138. The average molecular weight is 501 g/mol. The van der Waals surface area contributed by atoms with E-state index in [4.69, 9.17) is 9.72 Å². The Kier molecular flexibility index (Phi) is 7.30. The second-order valence-electron chi connectivity index (χ2n) is 10.7. The van der Waals surface area contributed by atoms with Crippen molar-refractivity contribution in [3.63, 3.8) is 0 Å². The van der Waals surface area contributed by atoms with E-state index in [1.165, 1.54) is 0 Å². The third kappa shape index (κ3) is 6.28. The minimum absolute atomic E-state index is 0.0187. The van der Waals surface area contributed by atoms with Crippen LogP contribution in [-0.4, -0.2) is 56.1 Å². The molecular weight excluding hydrogens is 464 g/mol. The maximum Gasteiger partial charge on any atom is 0.408 e. The van der Waals surface area contributed by atoms with Crippen LogP contribution in [0.25, 0.3) is 0 Å². The monoisotopic (exact) mass is 500 g/mol. The molecule has 1 saturated heterocycles. The van der Waals surface area contributed by atoms with Crippen LogP contribution in [0.5, 0.6) is 0 Å². The summed E-state index contributed by atoms with van der Waals surface area (Å²) in [4.78, 5) is 43.2. The molecule has 190 valence electrons. The Balaban J connectivity index is 1.47. The molecule has 2 aliphatic rings. The van der Waals surface area contributed by atoms with Gasteiger partial charge in [0.25, 0.3) is 0 Å². The smallest absolute Gasteiger partial charge is 0.408 e. The van der Waals surface area contributed by atoms with E-state index in [1.54, 1.807) is 11.3 Å².